The topological polar surface area (TPSA) is 68.3 Å². The summed E-state index contributed by atoms with van der Waals surface area (Å²) in [5.41, 5.74) is -0.0361. The molecular formula is C15H16N2O3S. The van der Waals surface area contributed by atoms with Gasteiger partial charge in [-0.25, -0.2) is 4.98 Å². The van der Waals surface area contributed by atoms with Gasteiger partial charge in [0, 0.05) is 19.4 Å². The van der Waals surface area contributed by atoms with Crippen LogP contribution in [0.15, 0.2) is 35.7 Å². The Bertz CT molecular complexity index is 654. The molecule has 1 aromatic heterocycles. The Kier molecular flexibility index (Phi) is 4.50. The minimum atomic E-state index is -1.12. The van der Waals surface area contributed by atoms with E-state index in [2.05, 4.69) is 10.3 Å². The molecule has 0 radical (unpaired) electrons. The summed E-state index contributed by atoms with van der Waals surface area (Å²) < 4.78 is 5.41. The van der Waals surface area contributed by atoms with E-state index in [9.17, 15) is 9.59 Å². The third kappa shape index (κ3) is 3.17. The van der Waals surface area contributed by atoms with Crippen molar-refractivity contribution in [2.75, 3.05) is 12.4 Å². The number of Topliss-reactive ketones (excluding diaryl/α,β-unsaturated/α-hetero) is 1. The number of carbonyl (C=O) groups excluding carboxylic acids is 2. The van der Waals surface area contributed by atoms with Crippen molar-refractivity contribution in [2.24, 2.45) is 0 Å². The van der Waals surface area contributed by atoms with Gasteiger partial charge in [-0.3, -0.25) is 14.9 Å². The molecule has 21 heavy (non-hydrogen) atoms. The van der Waals surface area contributed by atoms with Gasteiger partial charge in [0.15, 0.2) is 16.5 Å². The fourth-order valence-electron chi connectivity index (χ4n) is 1.81. The Balaban J connectivity index is 2.22. The van der Waals surface area contributed by atoms with Gasteiger partial charge in [0.2, 0.25) is 0 Å². The molecule has 5 nitrogen and oxygen atoms in total. The van der Waals surface area contributed by atoms with Crippen LogP contribution in [0, 0.1) is 0 Å². The normalized spacial score (nSPS) is 13.5. The van der Waals surface area contributed by atoms with E-state index in [4.69, 9.17) is 4.74 Å². The number of ketones is 1. The van der Waals surface area contributed by atoms with Crippen LogP contribution in [-0.2, 0) is 15.1 Å². The van der Waals surface area contributed by atoms with Crippen LogP contribution in [0.25, 0.3) is 0 Å². The molecule has 1 N–H and O–H groups in total. The van der Waals surface area contributed by atoms with Crippen LogP contribution < -0.4 is 5.32 Å². The second-order valence-electron chi connectivity index (χ2n) is 4.65. The Hall–Kier alpha value is -2.05. The van der Waals surface area contributed by atoms with Crippen LogP contribution in [0.2, 0.25) is 0 Å². The van der Waals surface area contributed by atoms with Crippen LogP contribution in [0.3, 0.4) is 0 Å². The average molecular weight is 304 g/mol. The number of anilines is 1. The maximum atomic E-state index is 12.5. The molecule has 1 heterocycles. The van der Waals surface area contributed by atoms with Crippen molar-refractivity contribution in [2.45, 2.75) is 19.4 Å². The monoisotopic (exact) mass is 304 g/mol. The second kappa shape index (κ2) is 6.15. The predicted octanol–water partition coefficient (Wildman–Crippen LogP) is 2.85. The summed E-state index contributed by atoms with van der Waals surface area (Å²) in [5, 5.41) is 4.69. The fourth-order valence-corrected chi connectivity index (χ4v) is 2.55. The summed E-state index contributed by atoms with van der Waals surface area (Å²) in [4.78, 5) is 27.8. The Morgan fingerprint density at radius 2 is 1.95 bits per heavy atom. The van der Waals surface area contributed by atoms with Gasteiger partial charge >= 0.3 is 0 Å². The average Bonchev–Trinajstić information content (AvgIpc) is 2.96. The number of carbonyl (C=O) groups is 2. The highest BCUT2D eigenvalue weighted by Crippen LogP contribution is 2.27. The Labute approximate surface area is 127 Å². The maximum absolute atomic E-state index is 12.5. The molecule has 0 aliphatic heterocycles. The molecule has 1 aromatic carbocycles. The molecule has 110 valence electrons. The zero-order chi connectivity index (χ0) is 15.5. The lowest BCUT2D eigenvalue weighted by Gasteiger charge is -2.26. The first kappa shape index (κ1) is 15.3. The summed E-state index contributed by atoms with van der Waals surface area (Å²) in [6.45, 7) is 3.13. The van der Waals surface area contributed by atoms with Crippen molar-refractivity contribution in [1.29, 1.82) is 0 Å². The van der Waals surface area contributed by atoms with Gasteiger partial charge in [0.25, 0.3) is 5.91 Å². The minimum Gasteiger partial charge on any atom is -0.364 e. The lowest BCUT2D eigenvalue weighted by Crippen LogP contribution is -2.39. The van der Waals surface area contributed by atoms with Crippen LogP contribution in [0.1, 0.15) is 29.9 Å². The largest absolute Gasteiger partial charge is 0.364 e. The van der Waals surface area contributed by atoms with E-state index in [1.54, 1.807) is 12.3 Å². The summed E-state index contributed by atoms with van der Waals surface area (Å²) in [7, 11) is 1.48. The Morgan fingerprint density at radius 1 is 1.29 bits per heavy atom. The highest BCUT2D eigenvalue weighted by atomic mass is 32.1. The molecule has 0 unspecified atom stereocenters. The lowest BCUT2D eigenvalue weighted by atomic mass is 9.95. The number of nitrogens with zero attached hydrogens (tertiary/aromatic N) is 1. The molecule has 1 amide bonds. The first-order chi connectivity index (χ1) is 9.97. The number of methoxy groups -OCH3 is 1. The van der Waals surface area contributed by atoms with Crippen molar-refractivity contribution in [3.8, 4) is 0 Å². The van der Waals surface area contributed by atoms with Crippen LogP contribution in [0.4, 0.5) is 5.13 Å². The summed E-state index contributed by atoms with van der Waals surface area (Å²) in [5.74, 6) is -0.468. The quantitative estimate of drug-likeness (QED) is 0.862. The van der Waals surface area contributed by atoms with E-state index in [-0.39, 0.29) is 11.7 Å². The smallest absolute Gasteiger partial charge is 0.262 e. The van der Waals surface area contributed by atoms with E-state index < -0.39 is 5.60 Å². The first-order valence-electron chi connectivity index (χ1n) is 6.36. The molecule has 0 aliphatic rings. The number of aromatic nitrogens is 1. The zero-order valence-corrected chi connectivity index (χ0v) is 12.9. The molecule has 2 aromatic rings. The first-order valence-corrected chi connectivity index (χ1v) is 7.24. The van der Waals surface area contributed by atoms with Gasteiger partial charge in [-0.2, -0.15) is 0 Å². The third-order valence-corrected chi connectivity index (χ3v) is 4.01. The summed E-state index contributed by atoms with van der Waals surface area (Å²) in [6, 6.07) is 9.21. The van der Waals surface area contributed by atoms with E-state index in [0.29, 0.717) is 10.8 Å². The van der Waals surface area contributed by atoms with Crippen molar-refractivity contribution < 1.29 is 14.3 Å². The summed E-state index contributed by atoms with van der Waals surface area (Å²) in [6.07, 6.45) is 0. The molecule has 0 spiro atoms. The van der Waals surface area contributed by atoms with Gasteiger partial charge < -0.3 is 4.74 Å². The molecule has 0 saturated heterocycles. The highest BCUT2D eigenvalue weighted by molar-refractivity contribution is 7.14. The number of nitrogens with one attached hydrogen (secondary N) is 1. The van der Waals surface area contributed by atoms with E-state index in [1.807, 2.05) is 30.3 Å². The molecular weight excluding hydrogens is 288 g/mol. The number of hydrogen-bond donors (Lipinski definition) is 1. The van der Waals surface area contributed by atoms with Gasteiger partial charge in [0.1, 0.15) is 5.69 Å². The number of ether oxygens (including phenoxy) is 1. The number of benzene rings is 1. The predicted molar refractivity (Wildman–Crippen MR) is 81.6 cm³/mol. The number of hydrogen-bond acceptors (Lipinski definition) is 5. The lowest BCUT2D eigenvalue weighted by molar-refractivity contribution is -0.136. The van der Waals surface area contributed by atoms with Crippen LogP contribution in [-0.4, -0.2) is 23.8 Å². The standard InChI is InChI=1S/C15H16N2O3S/c1-10(18)12-9-21-14(16-12)17-13(19)15(2,20-3)11-7-5-4-6-8-11/h4-9H,1-3H3,(H,16,17,19)/t15-/m1/s1. The van der Waals surface area contributed by atoms with Crippen molar-refractivity contribution in [1.82, 2.24) is 4.98 Å². The fraction of sp³-hybridized carbons (Fsp3) is 0.267. The van der Waals surface area contributed by atoms with Crippen molar-refractivity contribution in [3.63, 3.8) is 0 Å². The molecule has 0 saturated carbocycles. The zero-order valence-electron chi connectivity index (χ0n) is 12.0. The summed E-state index contributed by atoms with van der Waals surface area (Å²) >= 11 is 1.21. The number of thiazole rings is 1. The third-order valence-electron chi connectivity index (χ3n) is 3.25. The van der Waals surface area contributed by atoms with Gasteiger partial charge in [-0.15, -0.1) is 11.3 Å². The van der Waals surface area contributed by atoms with Crippen LogP contribution in [0.5, 0.6) is 0 Å². The van der Waals surface area contributed by atoms with Gasteiger partial charge in [-0.1, -0.05) is 30.3 Å². The Morgan fingerprint density at radius 3 is 2.48 bits per heavy atom. The molecule has 2 rings (SSSR count). The molecule has 1 atom stereocenters. The van der Waals surface area contributed by atoms with Crippen LogP contribution >= 0.6 is 11.3 Å². The number of rotatable bonds is 5. The van der Waals surface area contributed by atoms with E-state index >= 15 is 0 Å². The van der Waals surface area contributed by atoms with Crippen molar-refractivity contribution in [3.05, 3.63) is 47.0 Å². The molecule has 0 fully saturated rings. The number of amides is 1. The van der Waals surface area contributed by atoms with Crippen molar-refractivity contribution >= 4 is 28.2 Å². The molecule has 0 aliphatic carbocycles. The maximum Gasteiger partial charge on any atom is 0.262 e. The molecule has 6 heteroatoms. The van der Waals surface area contributed by atoms with E-state index in [0.717, 1.165) is 5.56 Å². The molecule has 0 bridgehead atoms. The highest BCUT2D eigenvalue weighted by Gasteiger charge is 2.35. The second-order valence-corrected chi connectivity index (χ2v) is 5.51. The minimum absolute atomic E-state index is 0.135. The van der Waals surface area contributed by atoms with Gasteiger partial charge in [-0.05, 0) is 12.5 Å². The van der Waals surface area contributed by atoms with Gasteiger partial charge in [0.05, 0.1) is 0 Å². The van der Waals surface area contributed by atoms with E-state index in [1.165, 1.54) is 25.4 Å². The SMILES string of the molecule is CO[C@@](C)(C(=O)Nc1nc(C(C)=O)cs1)c1ccccc1.